The topological polar surface area (TPSA) is 64.2 Å². The third-order valence-electron chi connectivity index (χ3n) is 2.51. The first-order valence-corrected chi connectivity index (χ1v) is 5.36. The second-order valence-corrected chi connectivity index (χ2v) is 4.35. The molecule has 0 fully saturated rings. The van der Waals surface area contributed by atoms with E-state index in [9.17, 15) is 4.79 Å². The average molecular weight is 240 g/mol. The number of aromatic nitrogens is 2. The Morgan fingerprint density at radius 1 is 1.75 bits per heavy atom. The fraction of sp³-hybridized carbons (Fsp3) is 0.500. The van der Waals surface area contributed by atoms with Crippen LogP contribution in [0.1, 0.15) is 23.8 Å². The number of amides is 1. The van der Waals surface area contributed by atoms with Crippen LogP contribution >= 0.6 is 12.2 Å². The summed E-state index contributed by atoms with van der Waals surface area (Å²) < 4.78 is 1.69. The first-order chi connectivity index (χ1) is 7.43. The van der Waals surface area contributed by atoms with E-state index in [-0.39, 0.29) is 11.9 Å². The molecular weight excluding hydrogens is 224 g/mol. The molecule has 1 aromatic rings. The summed E-state index contributed by atoms with van der Waals surface area (Å²) in [6.45, 7) is 1.91. The molecular formula is C10H16N4OS. The smallest absolute Gasteiger partial charge is 0.272 e. The number of nitrogens with two attached hydrogens (primary N) is 1. The van der Waals surface area contributed by atoms with Crippen LogP contribution in [0.3, 0.4) is 0 Å². The molecule has 1 rings (SSSR count). The lowest BCUT2D eigenvalue weighted by Crippen LogP contribution is -2.38. The average Bonchev–Trinajstić information content (AvgIpc) is 2.61. The molecule has 5 nitrogen and oxygen atoms in total. The van der Waals surface area contributed by atoms with Gasteiger partial charge in [-0.1, -0.05) is 12.2 Å². The van der Waals surface area contributed by atoms with Crippen LogP contribution < -0.4 is 5.73 Å². The van der Waals surface area contributed by atoms with Crippen molar-refractivity contribution in [2.75, 3.05) is 7.05 Å². The molecule has 88 valence electrons. The number of imidazole rings is 1. The highest BCUT2D eigenvalue weighted by Crippen LogP contribution is 2.07. The zero-order chi connectivity index (χ0) is 12.3. The third kappa shape index (κ3) is 2.79. The van der Waals surface area contributed by atoms with E-state index in [0.29, 0.717) is 17.1 Å². The minimum atomic E-state index is -0.0799. The van der Waals surface area contributed by atoms with Gasteiger partial charge < -0.3 is 15.2 Å². The van der Waals surface area contributed by atoms with Crippen molar-refractivity contribution in [3.05, 3.63) is 18.2 Å². The maximum absolute atomic E-state index is 12.0. The highest BCUT2D eigenvalue weighted by Gasteiger charge is 2.20. The maximum atomic E-state index is 12.0. The molecule has 0 aliphatic rings. The van der Waals surface area contributed by atoms with Crippen LogP contribution in [0, 0.1) is 0 Å². The van der Waals surface area contributed by atoms with Crippen LogP contribution in [0.2, 0.25) is 0 Å². The number of thiocarbonyl (C=S) groups is 1. The molecule has 1 aromatic heterocycles. The Kier molecular flexibility index (Phi) is 4.00. The summed E-state index contributed by atoms with van der Waals surface area (Å²) in [5.41, 5.74) is 6.01. The summed E-state index contributed by atoms with van der Waals surface area (Å²) >= 11 is 4.83. The summed E-state index contributed by atoms with van der Waals surface area (Å²) in [4.78, 5) is 18.0. The van der Waals surface area contributed by atoms with Gasteiger partial charge in [0.25, 0.3) is 5.91 Å². The quantitative estimate of drug-likeness (QED) is 0.781. The van der Waals surface area contributed by atoms with Crippen molar-refractivity contribution in [1.29, 1.82) is 0 Å². The third-order valence-corrected chi connectivity index (χ3v) is 2.68. The van der Waals surface area contributed by atoms with E-state index in [2.05, 4.69) is 4.98 Å². The molecule has 0 saturated carbocycles. The zero-order valence-electron chi connectivity index (χ0n) is 9.67. The van der Waals surface area contributed by atoms with Crippen LogP contribution in [0.5, 0.6) is 0 Å². The second-order valence-electron chi connectivity index (χ2n) is 3.83. The Labute approximate surface area is 100 Å². The van der Waals surface area contributed by atoms with Gasteiger partial charge in [-0.25, -0.2) is 4.98 Å². The minimum absolute atomic E-state index is 0.0140. The van der Waals surface area contributed by atoms with Gasteiger partial charge in [0.2, 0.25) is 0 Å². The largest absolute Gasteiger partial charge is 0.393 e. The van der Waals surface area contributed by atoms with E-state index < -0.39 is 0 Å². The molecule has 0 aliphatic carbocycles. The fourth-order valence-corrected chi connectivity index (χ4v) is 1.61. The minimum Gasteiger partial charge on any atom is -0.393 e. The number of hydrogen-bond acceptors (Lipinski definition) is 3. The van der Waals surface area contributed by atoms with Gasteiger partial charge in [-0.2, -0.15) is 0 Å². The molecule has 0 spiro atoms. The van der Waals surface area contributed by atoms with Crippen molar-refractivity contribution in [2.45, 2.75) is 19.4 Å². The number of nitrogens with zero attached hydrogens (tertiary/aromatic N) is 3. The SMILES string of the molecule is CC(CC(N)=S)N(C)C(=O)c1cncn1C. The first-order valence-electron chi connectivity index (χ1n) is 4.95. The van der Waals surface area contributed by atoms with Crippen LogP contribution in [0.4, 0.5) is 0 Å². The lowest BCUT2D eigenvalue weighted by Gasteiger charge is -2.24. The number of carbonyl (C=O) groups is 1. The second kappa shape index (κ2) is 5.07. The standard InChI is InChI=1S/C10H16N4OS/c1-7(4-9(11)16)14(3)10(15)8-5-12-6-13(8)2/h5-7H,4H2,1-3H3,(H2,11,16). The summed E-state index contributed by atoms with van der Waals surface area (Å²) in [5, 5.41) is 0. The molecule has 0 saturated heterocycles. The molecule has 1 atom stereocenters. The number of rotatable bonds is 4. The van der Waals surface area contributed by atoms with E-state index >= 15 is 0 Å². The van der Waals surface area contributed by atoms with Gasteiger partial charge in [0, 0.05) is 26.6 Å². The lowest BCUT2D eigenvalue weighted by atomic mass is 10.2. The van der Waals surface area contributed by atoms with Gasteiger partial charge in [-0.3, -0.25) is 4.79 Å². The number of aryl methyl sites for hydroxylation is 1. The fourth-order valence-electron chi connectivity index (χ4n) is 1.37. The molecule has 6 heteroatoms. The predicted octanol–water partition coefficient (Wildman–Crippen LogP) is 0.557. The van der Waals surface area contributed by atoms with Gasteiger partial charge in [-0.05, 0) is 6.92 Å². The van der Waals surface area contributed by atoms with E-state index in [1.807, 2.05) is 6.92 Å². The number of hydrogen-bond donors (Lipinski definition) is 1. The van der Waals surface area contributed by atoms with Crippen LogP contribution in [-0.4, -0.2) is 38.4 Å². The Morgan fingerprint density at radius 3 is 2.81 bits per heavy atom. The first kappa shape index (κ1) is 12.6. The molecule has 2 N–H and O–H groups in total. The summed E-state index contributed by atoms with van der Waals surface area (Å²) in [7, 11) is 3.52. The van der Waals surface area contributed by atoms with E-state index in [1.165, 1.54) is 0 Å². The van der Waals surface area contributed by atoms with Gasteiger partial charge >= 0.3 is 0 Å². The highest BCUT2D eigenvalue weighted by molar-refractivity contribution is 7.80. The van der Waals surface area contributed by atoms with Crippen molar-refractivity contribution >= 4 is 23.1 Å². The Balaban J connectivity index is 2.75. The van der Waals surface area contributed by atoms with Gasteiger partial charge in [0.05, 0.1) is 17.5 Å². The monoisotopic (exact) mass is 240 g/mol. The summed E-state index contributed by atoms with van der Waals surface area (Å²) in [6.07, 6.45) is 3.67. The van der Waals surface area contributed by atoms with Crippen molar-refractivity contribution in [3.8, 4) is 0 Å². The molecule has 1 amide bonds. The Morgan fingerprint density at radius 2 is 2.38 bits per heavy atom. The van der Waals surface area contributed by atoms with Crippen LogP contribution in [-0.2, 0) is 7.05 Å². The van der Waals surface area contributed by atoms with Crippen LogP contribution in [0.15, 0.2) is 12.5 Å². The zero-order valence-corrected chi connectivity index (χ0v) is 10.5. The number of carbonyl (C=O) groups excluding carboxylic acids is 1. The molecule has 0 aliphatic heterocycles. The lowest BCUT2D eigenvalue weighted by molar-refractivity contribution is 0.0738. The van der Waals surface area contributed by atoms with Crippen molar-refractivity contribution < 1.29 is 4.79 Å². The Hall–Kier alpha value is -1.43. The molecule has 16 heavy (non-hydrogen) atoms. The summed E-state index contributed by atoms with van der Waals surface area (Å²) in [5.74, 6) is -0.0799. The highest BCUT2D eigenvalue weighted by atomic mass is 32.1. The predicted molar refractivity (Wildman–Crippen MR) is 66.2 cm³/mol. The molecule has 1 unspecified atom stereocenters. The van der Waals surface area contributed by atoms with Gasteiger partial charge in [0.1, 0.15) is 5.69 Å². The van der Waals surface area contributed by atoms with E-state index in [4.69, 9.17) is 18.0 Å². The van der Waals surface area contributed by atoms with Gasteiger partial charge in [0.15, 0.2) is 0 Å². The van der Waals surface area contributed by atoms with Gasteiger partial charge in [-0.15, -0.1) is 0 Å². The van der Waals surface area contributed by atoms with E-state index in [1.54, 1.807) is 36.1 Å². The Bertz CT molecular complexity index is 401. The molecule has 0 aromatic carbocycles. The van der Waals surface area contributed by atoms with Crippen molar-refractivity contribution in [1.82, 2.24) is 14.5 Å². The van der Waals surface area contributed by atoms with E-state index in [0.717, 1.165) is 0 Å². The maximum Gasteiger partial charge on any atom is 0.272 e. The van der Waals surface area contributed by atoms with Crippen LogP contribution in [0.25, 0.3) is 0 Å². The normalized spacial score (nSPS) is 12.2. The molecule has 1 heterocycles. The molecule has 0 radical (unpaired) electrons. The summed E-state index contributed by atoms with van der Waals surface area (Å²) in [6, 6.07) is -0.0140. The van der Waals surface area contributed by atoms with Crippen molar-refractivity contribution in [3.63, 3.8) is 0 Å². The van der Waals surface area contributed by atoms with Crippen molar-refractivity contribution in [2.24, 2.45) is 12.8 Å². The molecule has 0 bridgehead atoms.